The maximum absolute atomic E-state index is 13.6. The topological polar surface area (TPSA) is 17.1 Å². The van der Waals surface area contributed by atoms with Gasteiger partial charge in [0, 0.05) is 11.1 Å². The van der Waals surface area contributed by atoms with Crippen molar-refractivity contribution in [1.82, 2.24) is 0 Å². The van der Waals surface area contributed by atoms with E-state index in [1.165, 1.54) is 5.56 Å². The molecule has 0 heterocycles. The predicted octanol–water partition coefficient (Wildman–Crippen LogP) is 7.18. The number of rotatable bonds is 4. The van der Waals surface area contributed by atoms with Crippen LogP contribution in [0, 0.1) is 20.8 Å². The number of carbonyl (C=O) groups is 1. The Bertz CT molecular complexity index is 1090. The SMILES string of the molecule is Cc1c(C(=O)c2ccccc2)c(C)c(-c2ccccc2)c(C)c1-c1ccccc1. The molecule has 0 fully saturated rings. The van der Waals surface area contributed by atoms with Crippen molar-refractivity contribution in [3.8, 4) is 22.3 Å². The van der Waals surface area contributed by atoms with Gasteiger partial charge in [0.1, 0.15) is 0 Å². The summed E-state index contributed by atoms with van der Waals surface area (Å²) in [7, 11) is 0. The van der Waals surface area contributed by atoms with Crippen LogP contribution in [0.2, 0.25) is 0 Å². The largest absolute Gasteiger partial charge is 0.289 e. The van der Waals surface area contributed by atoms with Crippen LogP contribution < -0.4 is 0 Å². The van der Waals surface area contributed by atoms with Crippen LogP contribution >= 0.6 is 0 Å². The van der Waals surface area contributed by atoms with Crippen LogP contribution in [-0.2, 0) is 0 Å². The monoisotopic (exact) mass is 376 g/mol. The molecule has 0 atom stereocenters. The minimum atomic E-state index is 0.0787. The van der Waals surface area contributed by atoms with Crippen molar-refractivity contribution in [2.24, 2.45) is 0 Å². The van der Waals surface area contributed by atoms with E-state index in [-0.39, 0.29) is 5.78 Å². The second kappa shape index (κ2) is 7.89. The molecule has 0 saturated carbocycles. The zero-order chi connectivity index (χ0) is 20.4. The zero-order valence-electron chi connectivity index (χ0n) is 17.1. The maximum Gasteiger partial charge on any atom is 0.193 e. The first-order valence-electron chi connectivity index (χ1n) is 9.94. The highest BCUT2D eigenvalue weighted by Gasteiger charge is 2.23. The van der Waals surface area contributed by atoms with E-state index in [4.69, 9.17) is 0 Å². The molecule has 0 aliphatic rings. The molecule has 0 spiro atoms. The molecule has 4 aromatic rings. The highest BCUT2D eigenvalue weighted by atomic mass is 16.1. The third-order valence-corrected chi connectivity index (χ3v) is 5.64. The van der Waals surface area contributed by atoms with Crippen molar-refractivity contribution in [2.75, 3.05) is 0 Å². The summed E-state index contributed by atoms with van der Waals surface area (Å²) in [6, 6.07) is 30.3. The fourth-order valence-electron chi connectivity index (χ4n) is 4.37. The lowest BCUT2D eigenvalue weighted by atomic mass is 9.81. The summed E-state index contributed by atoms with van der Waals surface area (Å²) in [4.78, 5) is 13.6. The minimum Gasteiger partial charge on any atom is -0.289 e. The summed E-state index contributed by atoms with van der Waals surface area (Å²) in [6.07, 6.45) is 0. The van der Waals surface area contributed by atoms with Gasteiger partial charge in [0.15, 0.2) is 5.78 Å². The molecule has 0 bridgehead atoms. The Labute approximate surface area is 172 Å². The average Bonchev–Trinajstić information content (AvgIpc) is 2.76. The van der Waals surface area contributed by atoms with Gasteiger partial charge in [0.25, 0.3) is 0 Å². The van der Waals surface area contributed by atoms with Gasteiger partial charge in [-0.15, -0.1) is 0 Å². The highest BCUT2D eigenvalue weighted by Crippen LogP contribution is 2.40. The van der Waals surface area contributed by atoms with Crippen LogP contribution in [0.1, 0.15) is 32.6 Å². The Balaban J connectivity index is 2.07. The molecule has 0 N–H and O–H groups in total. The van der Waals surface area contributed by atoms with Gasteiger partial charge in [-0.3, -0.25) is 4.79 Å². The molecule has 0 aliphatic heterocycles. The lowest BCUT2D eigenvalue weighted by Gasteiger charge is -2.22. The number of hydrogen-bond donors (Lipinski definition) is 0. The Hall–Kier alpha value is -3.45. The minimum absolute atomic E-state index is 0.0787. The first-order valence-corrected chi connectivity index (χ1v) is 9.94. The first kappa shape index (κ1) is 18.9. The third-order valence-electron chi connectivity index (χ3n) is 5.64. The molecular formula is C28H24O. The van der Waals surface area contributed by atoms with E-state index >= 15 is 0 Å². The summed E-state index contributed by atoms with van der Waals surface area (Å²) < 4.78 is 0. The molecule has 0 saturated heterocycles. The van der Waals surface area contributed by atoms with Gasteiger partial charge in [-0.05, 0) is 59.7 Å². The lowest BCUT2D eigenvalue weighted by molar-refractivity contribution is 0.103. The predicted molar refractivity (Wildman–Crippen MR) is 121 cm³/mol. The van der Waals surface area contributed by atoms with Crippen molar-refractivity contribution in [3.05, 3.63) is 119 Å². The molecule has 1 nitrogen and oxygen atoms in total. The van der Waals surface area contributed by atoms with Gasteiger partial charge in [-0.1, -0.05) is 91.0 Å². The molecule has 4 rings (SSSR count). The quantitative estimate of drug-likeness (QED) is 0.345. The Morgan fingerprint density at radius 3 is 1.31 bits per heavy atom. The summed E-state index contributed by atoms with van der Waals surface area (Å²) in [5.41, 5.74) is 9.40. The van der Waals surface area contributed by atoms with Crippen molar-refractivity contribution >= 4 is 5.78 Å². The van der Waals surface area contributed by atoms with Crippen molar-refractivity contribution < 1.29 is 4.79 Å². The molecule has 0 unspecified atom stereocenters. The molecule has 142 valence electrons. The fourth-order valence-corrected chi connectivity index (χ4v) is 4.37. The lowest BCUT2D eigenvalue weighted by Crippen LogP contribution is -2.10. The van der Waals surface area contributed by atoms with E-state index in [9.17, 15) is 4.79 Å². The number of carbonyl (C=O) groups excluding carboxylic acids is 1. The molecule has 0 aromatic heterocycles. The van der Waals surface area contributed by atoms with Gasteiger partial charge >= 0.3 is 0 Å². The van der Waals surface area contributed by atoms with Crippen LogP contribution in [0.25, 0.3) is 22.3 Å². The van der Waals surface area contributed by atoms with Gasteiger partial charge in [-0.2, -0.15) is 0 Å². The Morgan fingerprint density at radius 1 is 0.517 bits per heavy atom. The van der Waals surface area contributed by atoms with Gasteiger partial charge in [0.05, 0.1) is 0 Å². The summed E-state index contributed by atoms with van der Waals surface area (Å²) in [5.74, 6) is 0.0787. The number of hydrogen-bond acceptors (Lipinski definition) is 1. The molecule has 29 heavy (non-hydrogen) atoms. The number of ketones is 1. The standard InChI is InChI=1S/C28H24O/c1-19-25(22-13-7-4-8-14-22)20(2)27(28(29)24-17-11-6-12-18-24)21(3)26(19)23-15-9-5-10-16-23/h4-18H,1-3H3. The van der Waals surface area contributed by atoms with E-state index in [2.05, 4.69) is 69.3 Å². The zero-order valence-corrected chi connectivity index (χ0v) is 17.1. The van der Waals surface area contributed by atoms with Crippen LogP contribution in [0.5, 0.6) is 0 Å². The molecule has 0 radical (unpaired) electrons. The van der Waals surface area contributed by atoms with Crippen LogP contribution in [0.4, 0.5) is 0 Å². The van der Waals surface area contributed by atoms with E-state index in [1.807, 2.05) is 42.5 Å². The van der Waals surface area contributed by atoms with Gasteiger partial charge in [0.2, 0.25) is 0 Å². The molecule has 1 heteroatoms. The summed E-state index contributed by atoms with van der Waals surface area (Å²) in [6.45, 7) is 6.32. The molecule has 0 aliphatic carbocycles. The van der Waals surface area contributed by atoms with Crippen LogP contribution in [0.15, 0.2) is 91.0 Å². The number of benzene rings is 4. The van der Waals surface area contributed by atoms with Crippen molar-refractivity contribution in [1.29, 1.82) is 0 Å². The smallest absolute Gasteiger partial charge is 0.193 e. The second-order valence-corrected chi connectivity index (χ2v) is 7.43. The molecular weight excluding hydrogens is 352 g/mol. The van der Waals surface area contributed by atoms with Crippen LogP contribution in [-0.4, -0.2) is 5.78 Å². The van der Waals surface area contributed by atoms with E-state index in [0.29, 0.717) is 0 Å². The second-order valence-electron chi connectivity index (χ2n) is 7.43. The summed E-state index contributed by atoms with van der Waals surface area (Å²) >= 11 is 0. The van der Waals surface area contributed by atoms with Gasteiger partial charge < -0.3 is 0 Å². The normalized spacial score (nSPS) is 10.7. The van der Waals surface area contributed by atoms with Crippen molar-refractivity contribution in [2.45, 2.75) is 20.8 Å². The van der Waals surface area contributed by atoms with Gasteiger partial charge in [-0.25, -0.2) is 0 Å². The average molecular weight is 376 g/mol. The Kier molecular flexibility index (Phi) is 5.14. The summed E-state index contributed by atoms with van der Waals surface area (Å²) in [5, 5.41) is 0. The molecule has 4 aromatic carbocycles. The molecule has 0 amide bonds. The maximum atomic E-state index is 13.6. The van der Waals surface area contributed by atoms with Crippen molar-refractivity contribution in [3.63, 3.8) is 0 Å². The van der Waals surface area contributed by atoms with E-state index in [1.54, 1.807) is 0 Å². The fraction of sp³-hybridized carbons (Fsp3) is 0.107. The van der Waals surface area contributed by atoms with Crippen LogP contribution in [0.3, 0.4) is 0 Å². The first-order chi connectivity index (χ1) is 14.1. The highest BCUT2D eigenvalue weighted by molar-refractivity contribution is 6.13. The van der Waals surface area contributed by atoms with E-state index < -0.39 is 0 Å². The Morgan fingerprint density at radius 2 is 0.897 bits per heavy atom. The third kappa shape index (κ3) is 3.40. The van der Waals surface area contributed by atoms with E-state index in [0.717, 1.165) is 44.5 Å².